The van der Waals surface area contributed by atoms with Crippen LogP contribution in [-0.2, 0) is 36.1 Å². The summed E-state index contributed by atoms with van der Waals surface area (Å²) in [5.74, 6) is 0. The zero-order valence-corrected chi connectivity index (χ0v) is 27.9. The molecule has 3 heteroatoms. The molecular weight excluding hydrogens is 607 g/mol. The Balaban J connectivity index is 0.000000205. The van der Waals surface area contributed by atoms with Crippen LogP contribution in [0.2, 0.25) is 0 Å². The van der Waals surface area contributed by atoms with Gasteiger partial charge >= 0.3 is 89.5 Å². The van der Waals surface area contributed by atoms with Gasteiger partial charge in [-0.25, -0.2) is 6.07 Å². The SMILES string of the molecule is CC(C)(C)c1ccc([CH]=[Zr+2])cc1.Cc1cc(-c2ccccc2)c(C)[cH-]1.[Cl-].[Cl-].[c-]1cccc2c1Cc1ccccc1-2. The van der Waals surface area contributed by atoms with Crippen LogP contribution < -0.4 is 24.8 Å². The maximum atomic E-state index is 3.30. The molecule has 0 fully saturated rings. The summed E-state index contributed by atoms with van der Waals surface area (Å²) in [6.45, 7) is 11.0. The van der Waals surface area contributed by atoms with Crippen molar-refractivity contribution in [1.82, 2.24) is 0 Å². The molecule has 6 rings (SSSR count). The molecule has 0 saturated carbocycles. The average molecular weight is 643 g/mol. The zero-order valence-electron chi connectivity index (χ0n) is 23.9. The molecule has 5 aromatic rings. The van der Waals surface area contributed by atoms with E-state index in [2.05, 4.69) is 148 Å². The van der Waals surface area contributed by atoms with Gasteiger partial charge in [-0.05, 0) is 6.42 Å². The second kappa shape index (κ2) is 15.5. The van der Waals surface area contributed by atoms with Crippen molar-refractivity contribution in [2.24, 2.45) is 0 Å². The molecule has 0 radical (unpaired) electrons. The molecule has 0 heterocycles. The molecule has 0 N–H and O–H groups in total. The minimum absolute atomic E-state index is 0. The van der Waals surface area contributed by atoms with Crippen molar-refractivity contribution in [3.63, 3.8) is 0 Å². The maximum absolute atomic E-state index is 3.30. The number of halogens is 2. The third kappa shape index (κ3) is 8.78. The molecule has 0 bridgehead atoms. The molecule has 0 aliphatic heterocycles. The van der Waals surface area contributed by atoms with Gasteiger partial charge in [0, 0.05) is 0 Å². The minimum Gasteiger partial charge on any atom is -1.00 e. The molecule has 0 amide bonds. The van der Waals surface area contributed by atoms with Crippen molar-refractivity contribution in [2.45, 2.75) is 46.5 Å². The first-order valence-electron chi connectivity index (χ1n) is 13.2. The van der Waals surface area contributed by atoms with E-state index in [9.17, 15) is 0 Å². The Kier molecular flexibility index (Phi) is 13.1. The van der Waals surface area contributed by atoms with Gasteiger partial charge in [0.25, 0.3) is 0 Å². The first kappa shape index (κ1) is 33.8. The number of rotatable bonds is 2. The Morgan fingerprint density at radius 3 is 1.98 bits per heavy atom. The van der Waals surface area contributed by atoms with Crippen LogP contribution in [0.25, 0.3) is 22.3 Å². The first-order chi connectivity index (χ1) is 18.3. The standard InChI is InChI=1S/C13H9.C13H13.C11H14.2ClH.Zr/c1-3-7-12-10(5-1)9-11-6-2-4-8-13(11)12;1-10-8-11(2)13(9-10)12-6-4-3-5-7-12;1-9-5-7-10(8-6-9)11(2,3)4;;;/h1-5,7-8H,9H2;3-9H,1-2H3;1,5-8H,2-4H3;2*1H;/q2*-1;;;;+2/p-2. The summed E-state index contributed by atoms with van der Waals surface area (Å²) in [6.07, 6.45) is 1.05. The summed E-state index contributed by atoms with van der Waals surface area (Å²) in [5, 5.41) is 0. The predicted molar refractivity (Wildman–Crippen MR) is 161 cm³/mol. The number of hydrogen-bond acceptors (Lipinski definition) is 0. The summed E-state index contributed by atoms with van der Waals surface area (Å²) in [6, 6.07) is 41.9. The van der Waals surface area contributed by atoms with Gasteiger partial charge in [-0.3, -0.25) is 0 Å². The van der Waals surface area contributed by atoms with Gasteiger partial charge in [-0.1, -0.05) is 85.1 Å². The molecule has 0 aromatic heterocycles. The first-order valence-corrected chi connectivity index (χ1v) is 14.7. The van der Waals surface area contributed by atoms with Crippen molar-refractivity contribution in [3.8, 4) is 22.3 Å². The van der Waals surface area contributed by atoms with E-state index in [0.717, 1.165) is 6.42 Å². The van der Waals surface area contributed by atoms with E-state index >= 15 is 0 Å². The van der Waals surface area contributed by atoms with E-state index in [0.29, 0.717) is 0 Å². The summed E-state index contributed by atoms with van der Waals surface area (Å²) in [5.41, 5.74) is 13.9. The van der Waals surface area contributed by atoms with Crippen LogP contribution in [0.1, 0.15) is 54.2 Å². The van der Waals surface area contributed by atoms with Crippen molar-refractivity contribution < 1.29 is 49.0 Å². The van der Waals surface area contributed by atoms with Gasteiger partial charge in [0.05, 0.1) is 0 Å². The van der Waals surface area contributed by atoms with Gasteiger partial charge in [-0.15, -0.1) is 5.56 Å². The van der Waals surface area contributed by atoms with E-state index in [1.54, 1.807) is 0 Å². The Hall–Kier alpha value is -2.44. The number of hydrogen-bond donors (Lipinski definition) is 0. The van der Waals surface area contributed by atoms with Crippen LogP contribution in [0.3, 0.4) is 0 Å². The monoisotopic (exact) mass is 640 g/mol. The smallest absolute Gasteiger partial charge is 0.0253 e. The Labute approximate surface area is 268 Å². The van der Waals surface area contributed by atoms with Crippen LogP contribution in [0.5, 0.6) is 0 Å². The summed E-state index contributed by atoms with van der Waals surface area (Å²) in [7, 11) is 0. The molecule has 40 heavy (non-hydrogen) atoms. The second-order valence-corrected chi connectivity index (χ2v) is 11.6. The summed E-state index contributed by atoms with van der Waals surface area (Å²) >= 11 is 1.46. The van der Waals surface area contributed by atoms with Crippen LogP contribution in [-0.4, -0.2) is 3.71 Å². The molecule has 0 nitrogen and oxygen atoms in total. The Bertz CT molecular complexity index is 1450. The van der Waals surface area contributed by atoms with Gasteiger partial charge in [0.2, 0.25) is 0 Å². The molecule has 204 valence electrons. The van der Waals surface area contributed by atoms with Crippen LogP contribution >= 0.6 is 0 Å². The third-order valence-electron chi connectivity index (χ3n) is 6.89. The largest absolute Gasteiger partial charge is 1.00 e. The normalized spacial score (nSPS) is 10.8. The van der Waals surface area contributed by atoms with Crippen molar-refractivity contribution in [2.75, 3.05) is 0 Å². The molecular formula is C37H36Cl2Zr-2. The van der Waals surface area contributed by atoms with E-state index in [1.165, 1.54) is 79.9 Å². The van der Waals surface area contributed by atoms with E-state index in [-0.39, 0.29) is 30.2 Å². The summed E-state index contributed by atoms with van der Waals surface area (Å²) in [4.78, 5) is 0. The van der Waals surface area contributed by atoms with Crippen molar-refractivity contribution in [3.05, 3.63) is 149 Å². The topological polar surface area (TPSA) is 0 Å². The van der Waals surface area contributed by atoms with Gasteiger partial charge in [0.15, 0.2) is 0 Å². The van der Waals surface area contributed by atoms with E-state index in [4.69, 9.17) is 0 Å². The molecule has 1 aliphatic rings. The Morgan fingerprint density at radius 2 is 1.38 bits per heavy atom. The average Bonchev–Trinajstić information content (AvgIpc) is 3.48. The van der Waals surface area contributed by atoms with Gasteiger partial charge in [0.1, 0.15) is 0 Å². The molecule has 1 aliphatic carbocycles. The van der Waals surface area contributed by atoms with Crippen LogP contribution in [0, 0.1) is 19.9 Å². The molecule has 0 spiro atoms. The molecule has 0 atom stereocenters. The fourth-order valence-electron chi connectivity index (χ4n) is 4.81. The Morgan fingerprint density at radius 1 is 0.750 bits per heavy atom. The zero-order chi connectivity index (χ0) is 27.1. The number of aryl methyl sites for hydroxylation is 2. The number of fused-ring (bicyclic) bond motifs is 3. The minimum atomic E-state index is 0. The number of benzene rings is 4. The van der Waals surface area contributed by atoms with Crippen molar-refractivity contribution in [1.29, 1.82) is 0 Å². The molecule has 0 unspecified atom stereocenters. The fourth-order valence-corrected chi connectivity index (χ4v) is 5.28. The maximum Gasteiger partial charge on any atom is -0.0253 e. The quantitative estimate of drug-likeness (QED) is 0.254. The van der Waals surface area contributed by atoms with Crippen LogP contribution in [0.15, 0.2) is 109 Å². The fraction of sp³-hybridized carbons (Fsp3) is 0.189. The summed E-state index contributed by atoms with van der Waals surface area (Å²) < 4.78 is 2.21. The second-order valence-electron chi connectivity index (χ2n) is 10.9. The van der Waals surface area contributed by atoms with Crippen molar-refractivity contribution >= 4 is 3.71 Å². The third-order valence-corrected chi connectivity index (χ3v) is 7.71. The molecule has 5 aromatic carbocycles. The van der Waals surface area contributed by atoms with Gasteiger partial charge < -0.3 is 24.8 Å². The van der Waals surface area contributed by atoms with E-state index < -0.39 is 0 Å². The predicted octanol–water partition coefficient (Wildman–Crippen LogP) is 3.44. The molecule has 0 saturated heterocycles. The van der Waals surface area contributed by atoms with Gasteiger partial charge in [-0.2, -0.15) is 52.6 Å². The van der Waals surface area contributed by atoms with E-state index in [1.807, 2.05) is 6.07 Å². The van der Waals surface area contributed by atoms with Crippen LogP contribution in [0.4, 0.5) is 0 Å².